The minimum absolute atomic E-state index is 0.223. The summed E-state index contributed by atoms with van der Waals surface area (Å²) in [4.78, 5) is 11.1. The smallest absolute Gasteiger partial charge is 0.338 e. The van der Waals surface area contributed by atoms with Gasteiger partial charge in [-0.1, -0.05) is 6.58 Å². The van der Waals surface area contributed by atoms with Crippen molar-refractivity contribution in [3.8, 4) is 0 Å². The van der Waals surface area contributed by atoms with Crippen LogP contribution >= 0.6 is 7.60 Å². The first-order valence-electron chi connectivity index (χ1n) is 4.56. The minimum atomic E-state index is -3.43. The molecule has 0 aromatic carbocycles. The van der Waals surface area contributed by atoms with Gasteiger partial charge in [0.25, 0.3) is 0 Å². The molecule has 0 aliphatic carbocycles. The zero-order valence-corrected chi connectivity index (χ0v) is 10.5. The molecule has 0 rings (SSSR count). The Kier molecular flexibility index (Phi) is 6.52. The molecule has 16 heavy (non-hydrogen) atoms. The number of hydrogen-bond acceptors (Lipinski definition) is 6. The highest BCUT2D eigenvalue weighted by Gasteiger charge is 2.34. The fraction of sp³-hybridized carbons (Fsp3) is 0.667. The van der Waals surface area contributed by atoms with Crippen LogP contribution in [0.15, 0.2) is 12.2 Å². The van der Waals surface area contributed by atoms with Crippen LogP contribution in [0.1, 0.15) is 6.92 Å². The van der Waals surface area contributed by atoms with Crippen molar-refractivity contribution in [3.05, 3.63) is 12.2 Å². The van der Waals surface area contributed by atoms with Crippen LogP contribution in [-0.4, -0.2) is 44.2 Å². The van der Waals surface area contributed by atoms with E-state index in [0.29, 0.717) is 0 Å². The molecule has 0 saturated heterocycles. The standard InChI is InChI=1S/C9H17O6P/c1-7(2)9(11)15-6-8(5-10)16(12,13-3)14-4/h8,10H,1,5-6H2,2-4H3. The van der Waals surface area contributed by atoms with E-state index in [2.05, 4.69) is 6.58 Å². The van der Waals surface area contributed by atoms with E-state index in [1.54, 1.807) is 0 Å². The van der Waals surface area contributed by atoms with Crippen LogP contribution in [0.4, 0.5) is 0 Å². The molecule has 6 nitrogen and oxygen atoms in total. The van der Waals surface area contributed by atoms with Gasteiger partial charge in [0, 0.05) is 19.8 Å². The summed E-state index contributed by atoms with van der Waals surface area (Å²) in [6, 6.07) is 0. The maximum atomic E-state index is 11.8. The fourth-order valence-corrected chi connectivity index (χ4v) is 2.11. The van der Waals surface area contributed by atoms with Crippen LogP contribution in [0.3, 0.4) is 0 Å². The molecule has 1 atom stereocenters. The van der Waals surface area contributed by atoms with Crippen molar-refractivity contribution >= 4 is 13.6 Å². The first-order valence-corrected chi connectivity index (χ1v) is 6.17. The SMILES string of the molecule is C=C(C)C(=O)OCC(CO)P(=O)(OC)OC. The van der Waals surface area contributed by atoms with Crippen molar-refractivity contribution in [2.45, 2.75) is 12.6 Å². The highest BCUT2D eigenvalue weighted by Crippen LogP contribution is 2.51. The summed E-state index contributed by atoms with van der Waals surface area (Å²) >= 11 is 0. The van der Waals surface area contributed by atoms with Gasteiger partial charge in [-0.25, -0.2) is 4.79 Å². The van der Waals surface area contributed by atoms with Crippen molar-refractivity contribution < 1.29 is 28.3 Å². The zero-order chi connectivity index (χ0) is 12.8. The van der Waals surface area contributed by atoms with Crippen molar-refractivity contribution in [1.82, 2.24) is 0 Å². The van der Waals surface area contributed by atoms with Gasteiger partial charge in [0.05, 0.1) is 6.61 Å². The van der Waals surface area contributed by atoms with Crippen LogP contribution in [0.2, 0.25) is 0 Å². The van der Waals surface area contributed by atoms with E-state index in [-0.39, 0.29) is 12.2 Å². The van der Waals surface area contributed by atoms with E-state index in [1.165, 1.54) is 21.1 Å². The van der Waals surface area contributed by atoms with Gasteiger partial charge in [0.15, 0.2) is 0 Å². The molecular weight excluding hydrogens is 235 g/mol. The van der Waals surface area contributed by atoms with E-state index in [4.69, 9.17) is 18.9 Å². The fourth-order valence-electron chi connectivity index (χ4n) is 0.912. The molecule has 1 N–H and O–H groups in total. The van der Waals surface area contributed by atoms with Gasteiger partial charge in [-0.15, -0.1) is 0 Å². The predicted molar refractivity (Wildman–Crippen MR) is 58.3 cm³/mol. The van der Waals surface area contributed by atoms with E-state index >= 15 is 0 Å². The molecule has 0 aromatic rings. The lowest BCUT2D eigenvalue weighted by Gasteiger charge is -2.22. The van der Waals surface area contributed by atoms with Crippen LogP contribution in [-0.2, 0) is 23.1 Å². The lowest BCUT2D eigenvalue weighted by atomic mass is 10.4. The maximum Gasteiger partial charge on any atom is 0.338 e. The molecule has 0 saturated carbocycles. The van der Waals surface area contributed by atoms with Gasteiger partial charge in [0.1, 0.15) is 12.3 Å². The normalized spacial score (nSPS) is 13.2. The molecule has 0 spiro atoms. The third-order valence-electron chi connectivity index (χ3n) is 1.92. The Morgan fingerprint density at radius 1 is 1.44 bits per heavy atom. The van der Waals surface area contributed by atoms with Crippen molar-refractivity contribution in [2.75, 3.05) is 27.4 Å². The predicted octanol–water partition coefficient (Wildman–Crippen LogP) is 0.952. The summed E-state index contributed by atoms with van der Waals surface area (Å²) in [5.41, 5.74) is -0.674. The van der Waals surface area contributed by atoms with Crippen molar-refractivity contribution in [3.63, 3.8) is 0 Å². The average Bonchev–Trinajstić information content (AvgIpc) is 2.28. The first-order chi connectivity index (χ1) is 7.41. The molecule has 0 heterocycles. The number of carbonyl (C=O) groups excluding carboxylic acids is 1. The number of rotatable bonds is 7. The first kappa shape index (κ1) is 15.3. The number of aliphatic hydroxyl groups is 1. The van der Waals surface area contributed by atoms with Gasteiger partial charge in [-0.2, -0.15) is 0 Å². The molecular formula is C9H17O6P. The van der Waals surface area contributed by atoms with Crippen LogP contribution in [0, 0.1) is 0 Å². The Bertz CT molecular complexity index is 292. The molecule has 0 fully saturated rings. The van der Waals surface area contributed by atoms with Gasteiger partial charge in [-0.3, -0.25) is 4.57 Å². The summed E-state index contributed by atoms with van der Waals surface area (Å²) in [6.07, 6.45) is 0. The van der Waals surface area contributed by atoms with Gasteiger partial charge < -0.3 is 18.9 Å². The van der Waals surface area contributed by atoms with Crippen LogP contribution in [0.25, 0.3) is 0 Å². The molecule has 0 bridgehead atoms. The molecule has 7 heteroatoms. The quantitative estimate of drug-likeness (QED) is 0.412. The third-order valence-corrected chi connectivity index (χ3v) is 4.15. The number of hydrogen-bond donors (Lipinski definition) is 1. The lowest BCUT2D eigenvalue weighted by molar-refractivity contribution is -0.139. The minimum Gasteiger partial charge on any atom is -0.461 e. The molecule has 0 aliphatic heterocycles. The molecule has 0 amide bonds. The summed E-state index contributed by atoms with van der Waals surface area (Å²) in [5.74, 6) is -0.614. The molecule has 0 aliphatic rings. The summed E-state index contributed by atoms with van der Waals surface area (Å²) in [7, 11) is -1.03. The Morgan fingerprint density at radius 3 is 2.25 bits per heavy atom. The second kappa shape index (κ2) is 6.81. The highest BCUT2D eigenvalue weighted by atomic mass is 31.2. The van der Waals surface area contributed by atoms with Gasteiger partial charge in [0.2, 0.25) is 0 Å². The van der Waals surface area contributed by atoms with Crippen molar-refractivity contribution in [1.29, 1.82) is 0 Å². The molecule has 0 radical (unpaired) electrons. The highest BCUT2D eigenvalue weighted by molar-refractivity contribution is 7.54. The monoisotopic (exact) mass is 252 g/mol. The Hall–Kier alpha value is -0.680. The Balaban J connectivity index is 4.47. The zero-order valence-electron chi connectivity index (χ0n) is 9.63. The van der Waals surface area contributed by atoms with E-state index in [1.807, 2.05) is 0 Å². The molecule has 1 unspecified atom stereocenters. The number of carbonyl (C=O) groups is 1. The van der Waals surface area contributed by atoms with Gasteiger partial charge >= 0.3 is 13.6 Å². The number of esters is 1. The maximum absolute atomic E-state index is 11.8. The Labute approximate surface area is 94.7 Å². The average molecular weight is 252 g/mol. The number of ether oxygens (including phenoxy) is 1. The summed E-state index contributed by atoms with van der Waals surface area (Å²) in [5, 5.41) is 9.03. The number of aliphatic hydroxyl groups excluding tert-OH is 1. The second-order valence-electron chi connectivity index (χ2n) is 3.12. The molecule has 94 valence electrons. The summed E-state index contributed by atoms with van der Waals surface area (Å²) in [6.45, 7) is 4.16. The van der Waals surface area contributed by atoms with Crippen molar-refractivity contribution in [2.24, 2.45) is 0 Å². The Morgan fingerprint density at radius 2 is 1.94 bits per heavy atom. The van der Waals surface area contributed by atoms with E-state index < -0.39 is 25.8 Å². The largest absolute Gasteiger partial charge is 0.461 e. The molecule has 0 aromatic heterocycles. The topological polar surface area (TPSA) is 82.1 Å². The van der Waals surface area contributed by atoms with E-state index in [0.717, 1.165) is 0 Å². The van der Waals surface area contributed by atoms with Gasteiger partial charge in [-0.05, 0) is 6.92 Å². The van der Waals surface area contributed by atoms with E-state index in [9.17, 15) is 9.36 Å². The van der Waals surface area contributed by atoms with Crippen LogP contribution in [0.5, 0.6) is 0 Å². The lowest BCUT2D eigenvalue weighted by Crippen LogP contribution is -2.24. The summed E-state index contributed by atoms with van der Waals surface area (Å²) < 4.78 is 26.0. The van der Waals surface area contributed by atoms with Crippen LogP contribution < -0.4 is 0 Å². The third kappa shape index (κ3) is 4.06. The second-order valence-corrected chi connectivity index (χ2v) is 5.66.